The van der Waals surface area contributed by atoms with E-state index >= 15 is 0 Å². The van der Waals surface area contributed by atoms with Crippen molar-refractivity contribution in [2.45, 2.75) is 6.42 Å². The monoisotopic (exact) mass is 294 g/mol. The Morgan fingerprint density at radius 2 is 2.27 bits per heavy atom. The molecular formula is C17H18N4O. The van der Waals surface area contributed by atoms with Gasteiger partial charge in [-0.3, -0.25) is 9.48 Å². The van der Waals surface area contributed by atoms with Crippen molar-refractivity contribution in [2.24, 2.45) is 7.05 Å². The zero-order valence-electron chi connectivity index (χ0n) is 12.4. The minimum atomic E-state index is -0.0938. The molecule has 112 valence electrons. The van der Waals surface area contributed by atoms with Gasteiger partial charge < -0.3 is 10.3 Å². The third kappa shape index (κ3) is 3.25. The highest BCUT2D eigenvalue weighted by molar-refractivity contribution is 5.91. The molecule has 3 rings (SSSR count). The fourth-order valence-electron chi connectivity index (χ4n) is 2.42. The van der Waals surface area contributed by atoms with Gasteiger partial charge in [0.15, 0.2) is 0 Å². The topological polar surface area (TPSA) is 62.7 Å². The number of nitrogens with one attached hydrogen (secondary N) is 2. The second kappa shape index (κ2) is 6.30. The molecule has 1 aromatic carbocycles. The molecule has 0 fully saturated rings. The number of aryl methyl sites for hydroxylation is 1. The van der Waals surface area contributed by atoms with Crippen molar-refractivity contribution >= 4 is 22.9 Å². The number of H-pyrrole nitrogens is 1. The van der Waals surface area contributed by atoms with Gasteiger partial charge in [0.05, 0.1) is 6.20 Å². The second-order valence-corrected chi connectivity index (χ2v) is 5.18. The number of benzene rings is 1. The number of carbonyl (C=O) groups excluding carboxylic acids is 1. The maximum Gasteiger partial charge on any atom is 0.244 e. The fourth-order valence-corrected chi connectivity index (χ4v) is 2.42. The summed E-state index contributed by atoms with van der Waals surface area (Å²) in [7, 11) is 1.85. The summed E-state index contributed by atoms with van der Waals surface area (Å²) >= 11 is 0. The molecule has 5 heteroatoms. The molecule has 0 saturated carbocycles. The van der Waals surface area contributed by atoms with Crippen molar-refractivity contribution in [3.63, 3.8) is 0 Å². The number of aromatic amines is 1. The van der Waals surface area contributed by atoms with Crippen LogP contribution in [-0.4, -0.2) is 27.2 Å². The van der Waals surface area contributed by atoms with Crippen LogP contribution >= 0.6 is 0 Å². The van der Waals surface area contributed by atoms with Crippen LogP contribution in [0.1, 0.15) is 11.1 Å². The van der Waals surface area contributed by atoms with E-state index in [1.807, 2.05) is 37.6 Å². The first-order chi connectivity index (χ1) is 10.7. The van der Waals surface area contributed by atoms with Crippen LogP contribution in [0.4, 0.5) is 0 Å². The number of amides is 1. The lowest BCUT2D eigenvalue weighted by atomic mass is 10.1. The zero-order chi connectivity index (χ0) is 15.4. The van der Waals surface area contributed by atoms with Crippen LogP contribution in [-0.2, 0) is 18.3 Å². The van der Waals surface area contributed by atoms with E-state index < -0.39 is 0 Å². The molecule has 22 heavy (non-hydrogen) atoms. The number of aromatic nitrogens is 3. The third-order valence-corrected chi connectivity index (χ3v) is 3.52. The van der Waals surface area contributed by atoms with E-state index in [0.717, 1.165) is 17.5 Å². The number of carbonyl (C=O) groups is 1. The molecule has 0 atom stereocenters. The van der Waals surface area contributed by atoms with Crippen molar-refractivity contribution in [3.05, 3.63) is 60.1 Å². The fraction of sp³-hybridized carbons (Fsp3) is 0.176. The van der Waals surface area contributed by atoms with Crippen LogP contribution in [0.25, 0.3) is 17.0 Å². The second-order valence-electron chi connectivity index (χ2n) is 5.18. The number of nitrogens with zero attached hydrogens (tertiary/aromatic N) is 2. The average molecular weight is 294 g/mol. The summed E-state index contributed by atoms with van der Waals surface area (Å²) in [5.41, 5.74) is 3.25. The zero-order valence-corrected chi connectivity index (χ0v) is 12.4. The number of para-hydroxylation sites is 1. The molecule has 0 aliphatic carbocycles. The van der Waals surface area contributed by atoms with Crippen molar-refractivity contribution < 1.29 is 4.79 Å². The first-order valence-electron chi connectivity index (χ1n) is 7.22. The van der Waals surface area contributed by atoms with Crippen LogP contribution in [0.15, 0.2) is 48.9 Å². The van der Waals surface area contributed by atoms with Crippen molar-refractivity contribution in [2.75, 3.05) is 6.54 Å². The molecule has 3 aromatic rings. The van der Waals surface area contributed by atoms with Crippen molar-refractivity contribution in [1.29, 1.82) is 0 Å². The Hall–Kier alpha value is -2.82. The summed E-state index contributed by atoms with van der Waals surface area (Å²) in [5.74, 6) is -0.0938. The van der Waals surface area contributed by atoms with E-state index in [-0.39, 0.29) is 5.91 Å². The minimum Gasteiger partial charge on any atom is -0.361 e. The molecule has 2 heterocycles. The van der Waals surface area contributed by atoms with Crippen LogP contribution in [0.5, 0.6) is 0 Å². The molecule has 0 radical (unpaired) electrons. The van der Waals surface area contributed by atoms with E-state index in [9.17, 15) is 4.79 Å². The van der Waals surface area contributed by atoms with Gasteiger partial charge >= 0.3 is 0 Å². The molecule has 0 aliphatic rings. The Morgan fingerprint density at radius 1 is 1.41 bits per heavy atom. The van der Waals surface area contributed by atoms with Gasteiger partial charge in [-0.1, -0.05) is 18.2 Å². The Bertz CT molecular complexity index is 813. The van der Waals surface area contributed by atoms with Crippen molar-refractivity contribution in [3.8, 4) is 0 Å². The van der Waals surface area contributed by atoms with E-state index in [0.29, 0.717) is 6.54 Å². The molecule has 0 spiro atoms. The highest BCUT2D eigenvalue weighted by Gasteiger charge is 2.03. The first-order valence-corrected chi connectivity index (χ1v) is 7.22. The van der Waals surface area contributed by atoms with Crippen LogP contribution in [0, 0.1) is 0 Å². The maximum atomic E-state index is 11.8. The predicted octanol–water partition coefficient (Wildman–Crippen LogP) is 2.27. The van der Waals surface area contributed by atoms with Crippen molar-refractivity contribution in [1.82, 2.24) is 20.1 Å². The molecule has 1 amide bonds. The highest BCUT2D eigenvalue weighted by atomic mass is 16.1. The average Bonchev–Trinajstić information content (AvgIpc) is 3.12. The third-order valence-electron chi connectivity index (χ3n) is 3.52. The van der Waals surface area contributed by atoms with Crippen LogP contribution in [0.2, 0.25) is 0 Å². The van der Waals surface area contributed by atoms with Gasteiger partial charge in [-0.2, -0.15) is 5.10 Å². The lowest BCUT2D eigenvalue weighted by Crippen LogP contribution is -2.23. The SMILES string of the molecule is Cn1cc(C=CC(=O)NCCc2c[nH]c3ccccc23)cn1. The van der Waals surface area contributed by atoms with Gasteiger partial charge in [0.2, 0.25) is 5.91 Å². The van der Waals surface area contributed by atoms with Gasteiger partial charge in [-0.05, 0) is 24.1 Å². The molecule has 0 unspecified atom stereocenters. The molecule has 5 nitrogen and oxygen atoms in total. The number of hydrogen-bond acceptors (Lipinski definition) is 2. The van der Waals surface area contributed by atoms with Gasteiger partial charge in [-0.25, -0.2) is 0 Å². The summed E-state index contributed by atoms with van der Waals surface area (Å²) < 4.78 is 1.70. The molecule has 2 N–H and O–H groups in total. The summed E-state index contributed by atoms with van der Waals surface area (Å²) in [6.45, 7) is 0.609. The van der Waals surface area contributed by atoms with E-state index in [1.54, 1.807) is 17.0 Å². The summed E-state index contributed by atoms with van der Waals surface area (Å²) in [6, 6.07) is 8.17. The van der Waals surface area contributed by atoms with E-state index in [1.165, 1.54) is 17.0 Å². The maximum absolute atomic E-state index is 11.8. The summed E-state index contributed by atoms with van der Waals surface area (Å²) in [4.78, 5) is 15.0. The highest BCUT2D eigenvalue weighted by Crippen LogP contribution is 2.17. The molecule has 2 aromatic heterocycles. The first kappa shape index (κ1) is 14.1. The smallest absolute Gasteiger partial charge is 0.244 e. The molecular weight excluding hydrogens is 276 g/mol. The standard InChI is InChI=1S/C17H18N4O/c1-21-12-13(10-20-21)6-7-17(22)18-9-8-14-11-19-16-5-3-2-4-15(14)16/h2-7,10-12,19H,8-9H2,1H3,(H,18,22). The van der Waals surface area contributed by atoms with Gasteiger partial charge in [0, 0.05) is 48.5 Å². The van der Waals surface area contributed by atoms with Gasteiger partial charge in [0.1, 0.15) is 0 Å². The van der Waals surface area contributed by atoms with Crippen LogP contribution < -0.4 is 5.32 Å². The number of fused-ring (bicyclic) bond motifs is 1. The number of rotatable bonds is 5. The molecule has 0 bridgehead atoms. The van der Waals surface area contributed by atoms with E-state index in [4.69, 9.17) is 0 Å². The quantitative estimate of drug-likeness (QED) is 0.709. The Morgan fingerprint density at radius 3 is 3.09 bits per heavy atom. The summed E-state index contributed by atoms with van der Waals surface area (Å²) in [6.07, 6.45) is 9.67. The number of hydrogen-bond donors (Lipinski definition) is 2. The van der Waals surface area contributed by atoms with E-state index in [2.05, 4.69) is 21.5 Å². The molecule has 0 saturated heterocycles. The molecule has 0 aliphatic heterocycles. The minimum absolute atomic E-state index is 0.0938. The lowest BCUT2D eigenvalue weighted by Gasteiger charge is -2.01. The summed E-state index contributed by atoms with van der Waals surface area (Å²) in [5, 5.41) is 8.16. The van der Waals surface area contributed by atoms with Gasteiger partial charge in [0.25, 0.3) is 0 Å². The Balaban J connectivity index is 1.52. The largest absolute Gasteiger partial charge is 0.361 e. The Kier molecular flexibility index (Phi) is 4.05. The Labute approximate surface area is 128 Å². The van der Waals surface area contributed by atoms with Crippen LogP contribution in [0.3, 0.4) is 0 Å². The lowest BCUT2D eigenvalue weighted by molar-refractivity contribution is -0.116. The predicted molar refractivity (Wildman–Crippen MR) is 87.3 cm³/mol. The van der Waals surface area contributed by atoms with Gasteiger partial charge in [-0.15, -0.1) is 0 Å². The normalized spacial score (nSPS) is 11.3.